The third-order valence-electron chi connectivity index (χ3n) is 3.28. The summed E-state index contributed by atoms with van der Waals surface area (Å²) in [6, 6.07) is 3.60. The quantitative estimate of drug-likeness (QED) is 0.699. The third kappa shape index (κ3) is 3.68. The first-order valence-electron chi connectivity index (χ1n) is 6.15. The zero-order valence-corrected chi connectivity index (χ0v) is 10.5. The van der Waals surface area contributed by atoms with E-state index in [0.29, 0.717) is 12.2 Å². The number of nitrogens with two attached hydrogens (primary N) is 1. The third-order valence-corrected chi connectivity index (χ3v) is 3.28. The molecule has 0 aliphatic carbocycles. The molecule has 4 N–H and O–H groups in total. The number of hydrogen-bond donors (Lipinski definition) is 3. The Morgan fingerprint density at radius 1 is 1.29 bits per heavy atom. The van der Waals surface area contributed by atoms with Gasteiger partial charge in [-0.15, -0.1) is 0 Å². The first-order valence-corrected chi connectivity index (χ1v) is 6.15. The van der Waals surface area contributed by atoms with E-state index in [1.807, 2.05) is 19.9 Å². The monoisotopic (exact) mass is 238 g/mol. The lowest BCUT2D eigenvalue weighted by Gasteiger charge is -2.25. The van der Waals surface area contributed by atoms with Gasteiger partial charge in [0.15, 0.2) is 0 Å². The summed E-state index contributed by atoms with van der Waals surface area (Å²) in [4.78, 5) is 3.96. The largest absolute Gasteiger partial charge is 0.390 e. The number of rotatable bonds is 6. The molecule has 1 aromatic heterocycles. The number of aliphatic hydroxyl groups excluding tert-OH is 2. The molecular formula is C13H22N2O2. The van der Waals surface area contributed by atoms with Crippen molar-refractivity contribution in [3.05, 3.63) is 23.9 Å². The SMILES string of the molecule is CCC(CC)C(O)C(O)Cc1cccnc1N. The van der Waals surface area contributed by atoms with Gasteiger partial charge in [0.25, 0.3) is 0 Å². The molecule has 17 heavy (non-hydrogen) atoms. The molecule has 1 rings (SSSR count). The van der Waals surface area contributed by atoms with E-state index in [1.54, 1.807) is 12.3 Å². The van der Waals surface area contributed by atoms with Crippen molar-refractivity contribution in [3.8, 4) is 0 Å². The minimum Gasteiger partial charge on any atom is -0.390 e. The smallest absolute Gasteiger partial charge is 0.126 e. The highest BCUT2D eigenvalue weighted by molar-refractivity contribution is 5.38. The van der Waals surface area contributed by atoms with E-state index in [-0.39, 0.29) is 5.92 Å². The standard InChI is InChI=1S/C13H22N2O2/c1-3-9(4-2)12(17)11(16)8-10-6-5-7-15-13(10)14/h5-7,9,11-12,16-17H,3-4,8H2,1-2H3,(H2,14,15). The second kappa shape index (κ2) is 6.57. The van der Waals surface area contributed by atoms with Crippen molar-refractivity contribution in [3.63, 3.8) is 0 Å². The van der Waals surface area contributed by atoms with Gasteiger partial charge < -0.3 is 15.9 Å². The fraction of sp³-hybridized carbons (Fsp3) is 0.615. The van der Waals surface area contributed by atoms with Crippen molar-refractivity contribution < 1.29 is 10.2 Å². The van der Waals surface area contributed by atoms with Crippen LogP contribution in [0.15, 0.2) is 18.3 Å². The van der Waals surface area contributed by atoms with Crippen LogP contribution in [0.2, 0.25) is 0 Å². The fourth-order valence-corrected chi connectivity index (χ4v) is 2.06. The Kier molecular flexibility index (Phi) is 5.38. The molecule has 0 radical (unpaired) electrons. The van der Waals surface area contributed by atoms with Crippen molar-refractivity contribution in [1.29, 1.82) is 0 Å². The van der Waals surface area contributed by atoms with Crippen molar-refractivity contribution in [1.82, 2.24) is 4.98 Å². The van der Waals surface area contributed by atoms with E-state index in [9.17, 15) is 10.2 Å². The van der Waals surface area contributed by atoms with Gasteiger partial charge in [0.2, 0.25) is 0 Å². The zero-order valence-electron chi connectivity index (χ0n) is 10.5. The van der Waals surface area contributed by atoms with Crippen LogP contribution in [0.25, 0.3) is 0 Å². The van der Waals surface area contributed by atoms with Gasteiger partial charge in [-0.2, -0.15) is 0 Å². The van der Waals surface area contributed by atoms with E-state index in [1.165, 1.54) is 0 Å². The van der Waals surface area contributed by atoms with Crippen LogP contribution in [0.4, 0.5) is 5.82 Å². The summed E-state index contributed by atoms with van der Waals surface area (Å²) in [6.45, 7) is 4.03. The number of nitrogens with zero attached hydrogens (tertiary/aromatic N) is 1. The Labute approximate surface area is 102 Å². The Hall–Kier alpha value is -1.13. The van der Waals surface area contributed by atoms with Gasteiger partial charge in [-0.1, -0.05) is 32.8 Å². The van der Waals surface area contributed by atoms with Gasteiger partial charge in [-0.25, -0.2) is 4.98 Å². The van der Waals surface area contributed by atoms with Crippen molar-refractivity contribution in [2.24, 2.45) is 5.92 Å². The molecule has 2 atom stereocenters. The van der Waals surface area contributed by atoms with E-state index >= 15 is 0 Å². The maximum atomic E-state index is 10.0. The summed E-state index contributed by atoms with van der Waals surface area (Å²) in [5.74, 6) is 0.547. The first-order chi connectivity index (χ1) is 8.10. The molecule has 0 spiro atoms. The highest BCUT2D eigenvalue weighted by Gasteiger charge is 2.24. The molecule has 96 valence electrons. The average molecular weight is 238 g/mol. The Morgan fingerprint density at radius 2 is 1.94 bits per heavy atom. The van der Waals surface area contributed by atoms with E-state index in [4.69, 9.17) is 5.73 Å². The molecule has 1 heterocycles. The molecule has 0 saturated carbocycles. The predicted molar refractivity (Wildman–Crippen MR) is 68.4 cm³/mol. The minimum atomic E-state index is -0.786. The molecule has 0 fully saturated rings. The van der Waals surface area contributed by atoms with Crippen LogP contribution in [-0.2, 0) is 6.42 Å². The molecule has 0 aliphatic heterocycles. The molecule has 0 aliphatic rings. The van der Waals surface area contributed by atoms with Gasteiger partial charge in [-0.3, -0.25) is 0 Å². The predicted octanol–water partition coefficient (Wildman–Crippen LogP) is 1.36. The Morgan fingerprint density at radius 3 is 2.47 bits per heavy atom. The zero-order chi connectivity index (χ0) is 12.8. The van der Waals surface area contributed by atoms with Crippen LogP contribution in [0.5, 0.6) is 0 Å². The molecule has 0 aromatic carbocycles. The summed E-state index contributed by atoms with van der Waals surface area (Å²) >= 11 is 0. The number of nitrogen functional groups attached to an aromatic ring is 1. The number of pyridine rings is 1. The van der Waals surface area contributed by atoms with Crippen LogP contribution in [0.1, 0.15) is 32.3 Å². The minimum absolute atomic E-state index is 0.128. The van der Waals surface area contributed by atoms with Crippen molar-refractivity contribution in [2.75, 3.05) is 5.73 Å². The van der Waals surface area contributed by atoms with Gasteiger partial charge in [0, 0.05) is 12.6 Å². The summed E-state index contributed by atoms with van der Waals surface area (Å²) in [5, 5.41) is 20.0. The molecule has 4 nitrogen and oxygen atoms in total. The number of aromatic nitrogens is 1. The van der Waals surface area contributed by atoms with Gasteiger partial charge in [0.1, 0.15) is 5.82 Å². The Balaban J connectivity index is 2.65. The molecule has 0 saturated heterocycles. The fourth-order valence-electron chi connectivity index (χ4n) is 2.06. The average Bonchev–Trinajstić information content (AvgIpc) is 2.33. The molecule has 0 amide bonds. The van der Waals surface area contributed by atoms with Crippen LogP contribution in [-0.4, -0.2) is 27.4 Å². The highest BCUT2D eigenvalue weighted by Crippen LogP contribution is 2.19. The first kappa shape index (κ1) is 13.9. The van der Waals surface area contributed by atoms with Gasteiger partial charge >= 0.3 is 0 Å². The van der Waals surface area contributed by atoms with Crippen LogP contribution < -0.4 is 5.73 Å². The van der Waals surface area contributed by atoms with Gasteiger partial charge in [0.05, 0.1) is 12.2 Å². The molecule has 4 heteroatoms. The molecule has 2 unspecified atom stereocenters. The summed E-state index contributed by atoms with van der Waals surface area (Å²) in [5.41, 5.74) is 6.49. The Bertz CT molecular complexity index is 340. The second-order valence-electron chi connectivity index (χ2n) is 4.39. The van der Waals surface area contributed by atoms with Crippen molar-refractivity contribution in [2.45, 2.75) is 45.3 Å². The lowest BCUT2D eigenvalue weighted by molar-refractivity contribution is -0.0187. The molecule has 1 aromatic rings. The molecule has 0 bridgehead atoms. The van der Waals surface area contributed by atoms with Crippen LogP contribution >= 0.6 is 0 Å². The highest BCUT2D eigenvalue weighted by atomic mass is 16.3. The summed E-state index contributed by atoms with van der Waals surface area (Å²) in [6.07, 6.45) is 2.19. The normalized spacial score (nSPS) is 14.9. The summed E-state index contributed by atoms with van der Waals surface area (Å²) < 4.78 is 0. The van der Waals surface area contributed by atoms with Crippen molar-refractivity contribution >= 4 is 5.82 Å². The van der Waals surface area contributed by atoms with Crippen LogP contribution in [0, 0.1) is 5.92 Å². The van der Waals surface area contributed by atoms with Crippen LogP contribution in [0.3, 0.4) is 0 Å². The van der Waals surface area contributed by atoms with E-state index in [0.717, 1.165) is 18.4 Å². The second-order valence-corrected chi connectivity index (χ2v) is 4.39. The molecular weight excluding hydrogens is 216 g/mol. The van der Waals surface area contributed by atoms with E-state index < -0.39 is 12.2 Å². The maximum absolute atomic E-state index is 10.0. The topological polar surface area (TPSA) is 79.4 Å². The lowest BCUT2D eigenvalue weighted by atomic mass is 9.90. The summed E-state index contributed by atoms with van der Waals surface area (Å²) in [7, 11) is 0. The van der Waals surface area contributed by atoms with E-state index in [2.05, 4.69) is 4.98 Å². The number of aliphatic hydroxyl groups is 2. The number of anilines is 1. The van der Waals surface area contributed by atoms with Gasteiger partial charge in [-0.05, 0) is 17.5 Å². The lowest BCUT2D eigenvalue weighted by Crippen LogP contribution is -2.34. The number of hydrogen-bond acceptors (Lipinski definition) is 4. The maximum Gasteiger partial charge on any atom is 0.126 e.